The van der Waals surface area contributed by atoms with E-state index >= 15 is 0 Å². The molecular formula is C15H15BrCl2N2. The number of rotatable bonds is 4. The summed E-state index contributed by atoms with van der Waals surface area (Å²) < 4.78 is 1.09. The number of hydrogen-bond acceptors (Lipinski definition) is 2. The number of hydrogen-bond donors (Lipinski definition) is 2. The van der Waals surface area contributed by atoms with E-state index in [2.05, 4.69) is 40.4 Å². The molecule has 0 radical (unpaired) electrons. The van der Waals surface area contributed by atoms with Crippen molar-refractivity contribution < 1.29 is 0 Å². The summed E-state index contributed by atoms with van der Waals surface area (Å²) in [6.07, 6.45) is 0.745. The van der Waals surface area contributed by atoms with Gasteiger partial charge in [-0.3, -0.25) is 11.3 Å². The standard InChI is InChI=1S/C15H15BrCl2N2/c1-9-6-11(3-4-12(9)16)15(20-19)8-10-2-5-13(17)14(18)7-10/h2-7,15,20H,8,19H2,1H3. The summed E-state index contributed by atoms with van der Waals surface area (Å²) in [6, 6.07) is 11.9. The second-order valence-corrected chi connectivity index (χ2v) is 6.35. The molecule has 0 saturated carbocycles. The maximum absolute atomic E-state index is 6.04. The molecule has 3 N–H and O–H groups in total. The van der Waals surface area contributed by atoms with Gasteiger partial charge in [0.05, 0.1) is 10.0 Å². The van der Waals surface area contributed by atoms with Crippen LogP contribution in [0.1, 0.15) is 22.7 Å². The lowest BCUT2D eigenvalue weighted by Gasteiger charge is -2.18. The van der Waals surface area contributed by atoms with Gasteiger partial charge in [-0.05, 0) is 48.2 Å². The van der Waals surface area contributed by atoms with Crippen molar-refractivity contribution in [3.63, 3.8) is 0 Å². The van der Waals surface area contributed by atoms with Gasteiger partial charge < -0.3 is 0 Å². The first kappa shape index (κ1) is 15.8. The van der Waals surface area contributed by atoms with Crippen LogP contribution < -0.4 is 11.3 Å². The van der Waals surface area contributed by atoms with Crippen molar-refractivity contribution in [2.24, 2.45) is 5.84 Å². The van der Waals surface area contributed by atoms with Crippen LogP contribution in [0.15, 0.2) is 40.9 Å². The second kappa shape index (κ2) is 6.92. The minimum atomic E-state index is 0.0269. The Hall–Kier alpha value is -0.580. The van der Waals surface area contributed by atoms with Crippen molar-refractivity contribution in [1.29, 1.82) is 0 Å². The van der Waals surface area contributed by atoms with E-state index in [4.69, 9.17) is 29.0 Å². The molecule has 0 aromatic heterocycles. The van der Waals surface area contributed by atoms with Crippen LogP contribution in [-0.2, 0) is 6.42 Å². The molecule has 1 atom stereocenters. The van der Waals surface area contributed by atoms with Gasteiger partial charge in [-0.1, -0.05) is 57.3 Å². The Morgan fingerprint density at radius 2 is 1.90 bits per heavy atom. The molecule has 0 saturated heterocycles. The third kappa shape index (κ3) is 3.74. The molecule has 0 aliphatic carbocycles. The summed E-state index contributed by atoms with van der Waals surface area (Å²) in [6.45, 7) is 2.06. The first-order chi connectivity index (χ1) is 9.51. The lowest BCUT2D eigenvalue weighted by molar-refractivity contribution is 0.551. The number of nitrogens with one attached hydrogen (secondary N) is 1. The zero-order chi connectivity index (χ0) is 14.7. The fourth-order valence-corrected chi connectivity index (χ4v) is 2.63. The smallest absolute Gasteiger partial charge is 0.0595 e. The van der Waals surface area contributed by atoms with E-state index in [-0.39, 0.29) is 6.04 Å². The van der Waals surface area contributed by atoms with Gasteiger partial charge >= 0.3 is 0 Å². The summed E-state index contributed by atoms with van der Waals surface area (Å²) in [4.78, 5) is 0. The number of hydrazine groups is 1. The molecule has 2 rings (SSSR count). The zero-order valence-corrected chi connectivity index (χ0v) is 14.1. The molecule has 0 spiro atoms. The van der Waals surface area contributed by atoms with Crippen molar-refractivity contribution in [3.8, 4) is 0 Å². The molecule has 0 bridgehead atoms. The quantitative estimate of drug-likeness (QED) is 0.596. The molecule has 2 nitrogen and oxygen atoms in total. The molecule has 0 heterocycles. The highest BCUT2D eigenvalue weighted by atomic mass is 79.9. The monoisotopic (exact) mass is 372 g/mol. The lowest BCUT2D eigenvalue weighted by atomic mass is 9.98. The number of aryl methyl sites for hydroxylation is 1. The Kier molecular flexibility index (Phi) is 5.47. The third-order valence-corrected chi connectivity index (χ3v) is 4.84. The van der Waals surface area contributed by atoms with E-state index in [1.54, 1.807) is 6.07 Å². The molecular weight excluding hydrogens is 359 g/mol. The molecule has 2 aromatic rings. The molecule has 0 fully saturated rings. The Bertz CT molecular complexity index is 617. The average molecular weight is 374 g/mol. The first-order valence-electron chi connectivity index (χ1n) is 6.17. The Morgan fingerprint density at radius 1 is 1.15 bits per heavy atom. The average Bonchev–Trinajstić information content (AvgIpc) is 2.43. The highest BCUT2D eigenvalue weighted by Crippen LogP contribution is 2.27. The SMILES string of the molecule is Cc1cc(C(Cc2ccc(Cl)c(Cl)c2)NN)ccc1Br. The van der Waals surface area contributed by atoms with Crippen LogP contribution in [0.5, 0.6) is 0 Å². The van der Waals surface area contributed by atoms with Crippen LogP contribution in [-0.4, -0.2) is 0 Å². The van der Waals surface area contributed by atoms with Gasteiger partial charge in [-0.25, -0.2) is 0 Å². The molecule has 0 amide bonds. The molecule has 1 unspecified atom stereocenters. The zero-order valence-electron chi connectivity index (χ0n) is 11.0. The summed E-state index contributed by atoms with van der Waals surface area (Å²) in [5, 5.41) is 1.12. The highest BCUT2D eigenvalue weighted by molar-refractivity contribution is 9.10. The van der Waals surface area contributed by atoms with E-state index < -0.39 is 0 Å². The molecule has 0 aliphatic heterocycles. The van der Waals surface area contributed by atoms with Gasteiger partial charge in [0.2, 0.25) is 0 Å². The van der Waals surface area contributed by atoms with Gasteiger partial charge in [0.1, 0.15) is 0 Å². The molecule has 5 heteroatoms. The van der Waals surface area contributed by atoms with Gasteiger partial charge in [0.25, 0.3) is 0 Å². The summed E-state index contributed by atoms with van der Waals surface area (Å²) in [5.41, 5.74) is 6.26. The largest absolute Gasteiger partial charge is 0.271 e. The predicted octanol–water partition coefficient (Wildman–Crippen LogP) is 4.81. The molecule has 20 heavy (non-hydrogen) atoms. The molecule has 0 aliphatic rings. The normalized spacial score (nSPS) is 12.4. The Morgan fingerprint density at radius 3 is 2.50 bits per heavy atom. The fourth-order valence-electron chi connectivity index (χ4n) is 2.06. The van der Waals surface area contributed by atoms with Gasteiger partial charge in [-0.2, -0.15) is 0 Å². The first-order valence-corrected chi connectivity index (χ1v) is 7.72. The Labute approximate surface area is 137 Å². The van der Waals surface area contributed by atoms with Crippen molar-refractivity contribution in [2.45, 2.75) is 19.4 Å². The van der Waals surface area contributed by atoms with E-state index in [9.17, 15) is 0 Å². The van der Waals surface area contributed by atoms with Crippen LogP contribution >= 0.6 is 39.1 Å². The topological polar surface area (TPSA) is 38.0 Å². The fraction of sp³-hybridized carbons (Fsp3) is 0.200. The highest BCUT2D eigenvalue weighted by Gasteiger charge is 2.12. The van der Waals surface area contributed by atoms with E-state index in [0.717, 1.165) is 22.0 Å². The van der Waals surface area contributed by atoms with Crippen LogP contribution in [0, 0.1) is 6.92 Å². The van der Waals surface area contributed by atoms with Gasteiger partial charge in [0, 0.05) is 10.5 Å². The van der Waals surface area contributed by atoms with Crippen LogP contribution in [0.3, 0.4) is 0 Å². The molecule has 2 aromatic carbocycles. The van der Waals surface area contributed by atoms with Crippen LogP contribution in [0.4, 0.5) is 0 Å². The minimum absolute atomic E-state index is 0.0269. The maximum atomic E-state index is 6.04. The van der Waals surface area contributed by atoms with Crippen molar-refractivity contribution in [3.05, 3.63) is 67.6 Å². The van der Waals surface area contributed by atoms with Crippen molar-refractivity contribution >= 4 is 39.1 Å². The van der Waals surface area contributed by atoms with Crippen molar-refractivity contribution in [1.82, 2.24) is 5.43 Å². The van der Waals surface area contributed by atoms with Crippen molar-refractivity contribution in [2.75, 3.05) is 0 Å². The van der Waals surface area contributed by atoms with Crippen LogP contribution in [0.25, 0.3) is 0 Å². The van der Waals surface area contributed by atoms with Crippen LogP contribution in [0.2, 0.25) is 10.0 Å². The Balaban J connectivity index is 2.23. The number of benzene rings is 2. The lowest BCUT2D eigenvalue weighted by Crippen LogP contribution is -2.29. The van der Waals surface area contributed by atoms with Gasteiger partial charge in [-0.15, -0.1) is 0 Å². The van der Waals surface area contributed by atoms with E-state index in [1.807, 2.05) is 18.2 Å². The maximum Gasteiger partial charge on any atom is 0.0595 e. The summed E-state index contributed by atoms with van der Waals surface area (Å²) >= 11 is 15.5. The second-order valence-electron chi connectivity index (χ2n) is 4.68. The third-order valence-electron chi connectivity index (χ3n) is 3.21. The number of nitrogens with two attached hydrogens (primary N) is 1. The number of halogens is 3. The van der Waals surface area contributed by atoms with Gasteiger partial charge in [0.15, 0.2) is 0 Å². The van der Waals surface area contributed by atoms with E-state index in [0.29, 0.717) is 10.0 Å². The summed E-state index contributed by atoms with van der Waals surface area (Å²) in [5.74, 6) is 5.69. The molecule has 106 valence electrons. The minimum Gasteiger partial charge on any atom is -0.271 e. The van der Waals surface area contributed by atoms with E-state index in [1.165, 1.54) is 5.56 Å². The predicted molar refractivity (Wildman–Crippen MR) is 89.1 cm³/mol. The summed E-state index contributed by atoms with van der Waals surface area (Å²) in [7, 11) is 0.